The van der Waals surface area contributed by atoms with Crippen LogP contribution in [0.5, 0.6) is 0 Å². The molecule has 0 saturated heterocycles. The van der Waals surface area contributed by atoms with E-state index < -0.39 is 0 Å². The molecule has 18 heavy (non-hydrogen) atoms. The third-order valence-corrected chi connectivity index (χ3v) is 4.33. The van der Waals surface area contributed by atoms with E-state index in [4.69, 9.17) is 5.73 Å². The highest BCUT2D eigenvalue weighted by molar-refractivity contribution is 7.99. The van der Waals surface area contributed by atoms with E-state index in [1.54, 1.807) is 0 Å². The van der Waals surface area contributed by atoms with Gasteiger partial charge in [0.25, 0.3) is 0 Å². The average molecular weight is 265 g/mol. The molecule has 1 unspecified atom stereocenters. The lowest BCUT2D eigenvalue weighted by Gasteiger charge is -2.19. The molecule has 102 valence electrons. The Morgan fingerprint density at radius 3 is 2.28 bits per heavy atom. The summed E-state index contributed by atoms with van der Waals surface area (Å²) in [5, 5.41) is 0. The van der Waals surface area contributed by atoms with Crippen molar-refractivity contribution in [3.8, 4) is 0 Å². The second kappa shape index (κ2) is 7.20. The summed E-state index contributed by atoms with van der Waals surface area (Å²) in [6.07, 6.45) is 3.44. The van der Waals surface area contributed by atoms with Gasteiger partial charge in [-0.2, -0.15) is 0 Å². The minimum absolute atomic E-state index is 0.247. The molecule has 0 bridgehead atoms. The SMILES string of the molecule is CCC(N)CCCSc1ccc(C(C)(C)C)cc1. The van der Waals surface area contributed by atoms with Crippen molar-refractivity contribution in [2.75, 3.05) is 5.75 Å². The van der Waals surface area contributed by atoms with E-state index in [9.17, 15) is 0 Å². The predicted molar refractivity (Wildman–Crippen MR) is 83.4 cm³/mol. The van der Waals surface area contributed by atoms with Gasteiger partial charge < -0.3 is 5.73 Å². The second-order valence-corrected chi connectivity index (χ2v) is 7.10. The predicted octanol–water partition coefficient (Wildman–Crippen LogP) is 4.59. The van der Waals surface area contributed by atoms with Gasteiger partial charge in [-0.15, -0.1) is 11.8 Å². The number of thioether (sulfide) groups is 1. The van der Waals surface area contributed by atoms with E-state index >= 15 is 0 Å². The summed E-state index contributed by atoms with van der Waals surface area (Å²) in [6, 6.07) is 9.37. The van der Waals surface area contributed by atoms with Crippen LogP contribution in [0.3, 0.4) is 0 Å². The number of hydrogen-bond acceptors (Lipinski definition) is 2. The van der Waals surface area contributed by atoms with Gasteiger partial charge in [-0.05, 0) is 48.1 Å². The first kappa shape index (κ1) is 15.6. The van der Waals surface area contributed by atoms with Gasteiger partial charge in [-0.1, -0.05) is 39.8 Å². The highest BCUT2D eigenvalue weighted by Gasteiger charge is 2.12. The average Bonchev–Trinajstić information content (AvgIpc) is 2.33. The molecule has 1 nitrogen and oxygen atoms in total. The molecule has 1 aromatic carbocycles. The van der Waals surface area contributed by atoms with Crippen LogP contribution in [0, 0.1) is 0 Å². The molecule has 1 atom stereocenters. The topological polar surface area (TPSA) is 26.0 Å². The minimum Gasteiger partial charge on any atom is -0.328 e. The van der Waals surface area contributed by atoms with Crippen molar-refractivity contribution < 1.29 is 0 Å². The molecule has 0 heterocycles. The fraction of sp³-hybridized carbons (Fsp3) is 0.625. The zero-order chi connectivity index (χ0) is 13.6. The molecule has 0 radical (unpaired) electrons. The molecule has 2 N–H and O–H groups in total. The molecule has 1 rings (SSSR count). The molecule has 0 amide bonds. The van der Waals surface area contributed by atoms with Crippen molar-refractivity contribution in [3.05, 3.63) is 29.8 Å². The number of rotatable bonds is 6. The summed E-state index contributed by atoms with van der Waals surface area (Å²) in [6.45, 7) is 8.91. The van der Waals surface area contributed by atoms with Crippen LogP contribution in [0.4, 0.5) is 0 Å². The van der Waals surface area contributed by atoms with Crippen LogP contribution in [-0.4, -0.2) is 11.8 Å². The van der Waals surface area contributed by atoms with Crippen LogP contribution in [0.15, 0.2) is 29.2 Å². The van der Waals surface area contributed by atoms with Gasteiger partial charge in [-0.25, -0.2) is 0 Å². The Labute approximate surface area is 117 Å². The third-order valence-electron chi connectivity index (χ3n) is 3.23. The van der Waals surface area contributed by atoms with Gasteiger partial charge >= 0.3 is 0 Å². The molecule has 0 fully saturated rings. The molecule has 0 aromatic heterocycles. The maximum Gasteiger partial charge on any atom is 0.00721 e. The first-order chi connectivity index (χ1) is 8.43. The van der Waals surface area contributed by atoms with Crippen molar-refractivity contribution in [1.29, 1.82) is 0 Å². The summed E-state index contributed by atoms with van der Waals surface area (Å²) in [4.78, 5) is 1.37. The van der Waals surface area contributed by atoms with Crippen LogP contribution in [0.1, 0.15) is 52.5 Å². The zero-order valence-electron chi connectivity index (χ0n) is 12.2. The Morgan fingerprint density at radius 2 is 1.78 bits per heavy atom. The fourth-order valence-electron chi connectivity index (χ4n) is 1.79. The molecule has 0 aliphatic rings. The molecular weight excluding hydrogens is 238 g/mol. The molecule has 1 aromatic rings. The molecule has 0 aliphatic heterocycles. The van der Waals surface area contributed by atoms with E-state index in [1.807, 2.05) is 11.8 Å². The van der Waals surface area contributed by atoms with Crippen LogP contribution < -0.4 is 5.73 Å². The first-order valence-electron chi connectivity index (χ1n) is 6.92. The quantitative estimate of drug-likeness (QED) is 0.601. The summed E-state index contributed by atoms with van der Waals surface area (Å²) >= 11 is 1.94. The Bertz CT molecular complexity index is 337. The standard InChI is InChI=1S/C16H27NS/c1-5-14(17)7-6-12-18-15-10-8-13(9-11-15)16(2,3)4/h8-11,14H,5-7,12,17H2,1-4H3. The fourth-order valence-corrected chi connectivity index (χ4v) is 2.67. The Morgan fingerprint density at radius 1 is 1.17 bits per heavy atom. The Balaban J connectivity index is 2.36. The maximum absolute atomic E-state index is 5.91. The monoisotopic (exact) mass is 265 g/mol. The molecule has 0 aliphatic carbocycles. The van der Waals surface area contributed by atoms with Gasteiger partial charge in [0.2, 0.25) is 0 Å². The summed E-state index contributed by atoms with van der Waals surface area (Å²) in [5.74, 6) is 1.17. The largest absolute Gasteiger partial charge is 0.328 e. The third kappa shape index (κ3) is 5.45. The van der Waals surface area contributed by atoms with Gasteiger partial charge in [0.1, 0.15) is 0 Å². The van der Waals surface area contributed by atoms with E-state index in [2.05, 4.69) is 52.0 Å². The molecule has 0 saturated carbocycles. The lowest BCUT2D eigenvalue weighted by atomic mass is 9.87. The van der Waals surface area contributed by atoms with Gasteiger partial charge in [-0.3, -0.25) is 0 Å². The lowest BCUT2D eigenvalue weighted by molar-refractivity contribution is 0.588. The summed E-state index contributed by atoms with van der Waals surface area (Å²) < 4.78 is 0. The van der Waals surface area contributed by atoms with E-state index in [0.717, 1.165) is 12.8 Å². The van der Waals surface area contributed by atoms with Crippen molar-refractivity contribution in [3.63, 3.8) is 0 Å². The van der Waals surface area contributed by atoms with Gasteiger partial charge in [0.05, 0.1) is 0 Å². The van der Waals surface area contributed by atoms with E-state index in [-0.39, 0.29) is 5.41 Å². The maximum atomic E-state index is 5.91. The second-order valence-electron chi connectivity index (χ2n) is 5.93. The van der Waals surface area contributed by atoms with Crippen molar-refractivity contribution in [2.45, 2.75) is 63.3 Å². The number of hydrogen-bond donors (Lipinski definition) is 1. The zero-order valence-corrected chi connectivity index (χ0v) is 13.0. The Kier molecular flexibility index (Phi) is 6.24. The normalized spacial score (nSPS) is 13.6. The van der Waals surface area contributed by atoms with Crippen molar-refractivity contribution in [1.82, 2.24) is 0 Å². The smallest absolute Gasteiger partial charge is 0.00721 e. The van der Waals surface area contributed by atoms with Gasteiger partial charge in [0, 0.05) is 10.9 Å². The number of benzene rings is 1. The first-order valence-corrected chi connectivity index (χ1v) is 7.91. The van der Waals surface area contributed by atoms with Crippen molar-refractivity contribution >= 4 is 11.8 Å². The van der Waals surface area contributed by atoms with Crippen molar-refractivity contribution in [2.24, 2.45) is 5.73 Å². The summed E-state index contributed by atoms with van der Waals surface area (Å²) in [5.41, 5.74) is 7.56. The number of nitrogens with two attached hydrogens (primary N) is 1. The van der Waals surface area contributed by atoms with Crippen LogP contribution in [0.25, 0.3) is 0 Å². The highest BCUT2D eigenvalue weighted by Crippen LogP contribution is 2.26. The Hall–Kier alpha value is -0.470. The highest BCUT2D eigenvalue weighted by atomic mass is 32.2. The van der Waals surface area contributed by atoms with Gasteiger partial charge in [0.15, 0.2) is 0 Å². The minimum atomic E-state index is 0.247. The van der Waals surface area contributed by atoms with Crippen LogP contribution in [-0.2, 0) is 5.41 Å². The molecular formula is C16H27NS. The summed E-state index contributed by atoms with van der Waals surface area (Å²) in [7, 11) is 0. The molecule has 2 heteroatoms. The van der Waals surface area contributed by atoms with E-state index in [0.29, 0.717) is 6.04 Å². The van der Waals surface area contributed by atoms with Crippen LogP contribution in [0.2, 0.25) is 0 Å². The van der Waals surface area contributed by atoms with Crippen LogP contribution >= 0.6 is 11.8 Å². The van der Waals surface area contributed by atoms with E-state index in [1.165, 1.54) is 22.6 Å². The lowest BCUT2D eigenvalue weighted by Crippen LogP contribution is -2.18. The molecule has 0 spiro atoms.